The maximum absolute atomic E-state index is 12.7. The van der Waals surface area contributed by atoms with Crippen molar-refractivity contribution in [2.24, 2.45) is 11.8 Å². The number of carbonyl (C=O) groups excluding carboxylic acids is 3. The van der Waals surface area contributed by atoms with Crippen LogP contribution in [0, 0.1) is 11.8 Å². The van der Waals surface area contributed by atoms with E-state index in [4.69, 9.17) is 18.9 Å². The molecule has 1 aromatic rings. The van der Waals surface area contributed by atoms with E-state index < -0.39 is 36.5 Å². The lowest BCUT2D eigenvalue weighted by molar-refractivity contribution is -0.959. The number of benzene rings is 1. The number of alkyl carbamates (subject to hydrolysis) is 1. The van der Waals surface area contributed by atoms with E-state index in [0.29, 0.717) is 16.2 Å². The van der Waals surface area contributed by atoms with E-state index in [2.05, 4.69) is 12.4 Å². The van der Waals surface area contributed by atoms with Crippen molar-refractivity contribution in [3.8, 4) is 5.75 Å². The van der Waals surface area contributed by atoms with Gasteiger partial charge in [0.25, 0.3) is 0 Å². The molecule has 1 heterocycles. The summed E-state index contributed by atoms with van der Waals surface area (Å²) in [7, 11) is 2.14. The van der Waals surface area contributed by atoms with Gasteiger partial charge in [0, 0.05) is 24.2 Å². The molecule has 2 bridgehead atoms. The van der Waals surface area contributed by atoms with E-state index in [1.807, 2.05) is 26.0 Å². The molecule has 0 aromatic heterocycles. The summed E-state index contributed by atoms with van der Waals surface area (Å²) in [4.78, 5) is 37.7. The fourth-order valence-electron chi connectivity index (χ4n) is 6.98. The Hall–Kier alpha value is -3.01. The third-order valence-electron chi connectivity index (χ3n) is 8.87. The summed E-state index contributed by atoms with van der Waals surface area (Å²) in [6.45, 7) is 9.64. The van der Waals surface area contributed by atoms with Gasteiger partial charge in [-0.1, -0.05) is 32.8 Å². The number of likely N-dealkylation sites (N-methyl/N-ethyl adjacent to an activating group) is 1. The van der Waals surface area contributed by atoms with Gasteiger partial charge < -0.3 is 29.4 Å². The van der Waals surface area contributed by atoms with E-state index in [9.17, 15) is 19.5 Å². The maximum atomic E-state index is 12.7. The quantitative estimate of drug-likeness (QED) is 0.258. The molecule has 2 N–H and O–H groups in total. The SMILES string of the molecule is CC(C)COC(=O)C(COC(=O)OC[N+]1(C)CC[C@]23CCCC[C@H]2[C@H]1Cc1ccc(O)cc13)NC(=O)OC(C)(C)C. The summed E-state index contributed by atoms with van der Waals surface area (Å²) in [6.07, 6.45) is 4.71. The van der Waals surface area contributed by atoms with Crippen molar-refractivity contribution in [3.05, 3.63) is 29.3 Å². The molecule has 3 aliphatic rings. The lowest BCUT2D eigenvalue weighted by Crippen LogP contribution is -2.69. The predicted octanol–water partition coefficient (Wildman–Crippen LogP) is 4.80. The number of phenolic OH excluding ortho intramolecular Hbond substituents is 1. The van der Waals surface area contributed by atoms with Crippen molar-refractivity contribution in [2.75, 3.05) is 33.5 Å². The van der Waals surface area contributed by atoms with Crippen LogP contribution in [0.5, 0.6) is 5.75 Å². The Morgan fingerprint density at radius 3 is 2.56 bits per heavy atom. The number of nitrogens with one attached hydrogen (secondary N) is 1. The third kappa shape index (κ3) is 7.08. The number of phenols is 1. The molecule has 0 spiro atoms. The Kier molecular flexibility index (Phi) is 9.11. The van der Waals surface area contributed by atoms with Gasteiger partial charge in [0.05, 0.1) is 26.2 Å². The second-order valence-electron chi connectivity index (χ2n) is 13.6. The monoisotopic (exact) mass is 575 g/mol. The van der Waals surface area contributed by atoms with Gasteiger partial charge in [-0.3, -0.25) is 4.48 Å². The first-order chi connectivity index (χ1) is 19.2. The maximum Gasteiger partial charge on any atom is 0.512 e. The van der Waals surface area contributed by atoms with Crippen molar-refractivity contribution in [1.29, 1.82) is 0 Å². The van der Waals surface area contributed by atoms with Gasteiger partial charge in [-0.05, 0) is 62.8 Å². The standard InChI is InChI=1S/C31H46N2O8/c1-20(2)17-38-27(35)25(32-28(36)41-30(3,4)5)18-39-29(37)40-19-33(6)14-13-31-12-8-7-9-23(31)26(33)15-21-10-11-22(34)16-24(21)31/h10-11,16,20,23,25-26H,7-9,12-15,17-19H2,1-6H3,(H-,32,34,36)/p+1/t23-,25?,26+,31+,33?/m0/s1. The second-order valence-corrected chi connectivity index (χ2v) is 13.6. The summed E-state index contributed by atoms with van der Waals surface area (Å²) >= 11 is 0. The van der Waals surface area contributed by atoms with E-state index in [0.717, 1.165) is 32.2 Å². The van der Waals surface area contributed by atoms with Gasteiger partial charge in [0.15, 0.2) is 6.04 Å². The number of fused-ring (bicyclic) bond motifs is 1. The summed E-state index contributed by atoms with van der Waals surface area (Å²) in [5.41, 5.74) is 1.87. The zero-order valence-corrected chi connectivity index (χ0v) is 25.4. The lowest BCUT2D eigenvalue weighted by atomic mass is 9.52. The average Bonchev–Trinajstić information content (AvgIpc) is 2.90. The van der Waals surface area contributed by atoms with Gasteiger partial charge >= 0.3 is 18.2 Å². The first-order valence-corrected chi connectivity index (χ1v) is 14.8. The predicted molar refractivity (Wildman–Crippen MR) is 151 cm³/mol. The molecule has 1 aliphatic heterocycles. The highest BCUT2D eigenvalue weighted by atomic mass is 16.7. The fourth-order valence-corrected chi connectivity index (χ4v) is 6.98. The van der Waals surface area contributed by atoms with E-state index >= 15 is 0 Å². The Morgan fingerprint density at radius 2 is 1.85 bits per heavy atom. The van der Waals surface area contributed by atoms with Crippen LogP contribution < -0.4 is 5.32 Å². The number of amides is 1. The number of aromatic hydroxyl groups is 1. The molecule has 4 rings (SSSR count). The van der Waals surface area contributed by atoms with E-state index in [-0.39, 0.29) is 30.7 Å². The lowest BCUT2D eigenvalue weighted by Gasteiger charge is -2.60. The summed E-state index contributed by atoms with van der Waals surface area (Å²) in [5, 5.41) is 12.7. The van der Waals surface area contributed by atoms with Crippen LogP contribution in [0.4, 0.5) is 9.59 Å². The van der Waals surface area contributed by atoms with Gasteiger partial charge in [-0.15, -0.1) is 0 Å². The summed E-state index contributed by atoms with van der Waals surface area (Å²) in [6, 6.07) is 4.83. The molecule has 41 heavy (non-hydrogen) atoms. The molecule has 5 atom stereocenters. The Bertz CT molecular complexity index is 1130. The summed E-state index contributed by atoms with van der Waals surface area (Å²) < 4.78 is 22.1. The number of likely N-dealkylation sites (tertiary alicyclic amines) is 1. The smallest absolute Gasteiger partial charge is 0.508 e. The normalized spacial score (nSPS) is 27.6. The molecule has 2 fully saturated rings. The van der Waals surface area contributed by atoms with Crippen LogP contribution in [0.1, 0.15) is 77.8 Å². The molecular formula is C31H47N2O8+. The fraction of sp³-hybridized carbons (Fsp3) is 0.710. The molecule has 10 nitrogen and oxygen atoms in total. The molecule has 1 amide bonds. The molecule has 2 unspecified atom stereocenters. The molecule has 10 heteroatoms. The number of esters is 1. The van der Waals surface area contributed by atoms with Gasteiger partial charge in [-0.2, -0.15) is 0 Å². The molecule has 228 valence electrons. The van der Waals surface area contributed by atoms with Crippen molar-refractivity contribution >= 4 is 18.2 Å². The van der Waals surface area contributed by atoms with E-state index in [1.54, 1.807) is 26.8 Å². The Morgan fingerprint density at radius 1 is 1.10 bits per heavy atom. The largest absolute Gasteiger partial charge is 0.512 e. The summed E-state index contributed by atoms with van der Waals surface area (Å²) in [5.74, 6) is 0.152. The number of nitrogens with zero attached hydrogens (tertiary/aromatic N) is 1. The number of piperidine rings is 1. The first kappa shape index (κ1) is 30.9. The molecule has 1 aromatic carbocycles. The van der Waals surface area contributed by atoms with Crippen LogP contribution in [0.25, 0.3) is 0 Å². The van der Waals surface area contributed by atoms with Gasteiger partial charge in [0.2, 0.25) is 6.73 Å². The molecule has 1 saturated carbocycles. The molecular weight excluding hydrogens is 528 g/mol. The zero-order valence-electron chi connectivity index (χ0n) is 25.4. The number of hydrogen-bond donors (Lipinski definition) is 2. The topological polar surface area (TPSA) is 120 Å². The van der Waals surface area contributed by atoms with Crippen molar-refractivity contribution in [3.63, 3.8) is 0 Å². The minimum Gasteiger partial charge on any atom is -0.508 e. The third-order valence-corrected chi connectivity index (χ3v) is 8.87. The molecule has 0 radical (unpaired) electrons. The molecule has 2 aliphatic carbocycles. The minimum atomic E-state index is -1.23. The van der Waals surface area contributed by atoms with Crippen LogP contribution >= 0.6 is 0 Å². The highest BCUT2D eigenvalue weighted by Crippen LogP contribution is 2.57. The zero-order chi connectivity index (χ0) is 30.0. The molecule has 1 saturated heterocycles. The van der Waals surface area contributed by atoms with Crippen LogP contribution in [-0.4, -0.2) is 79.0 Å². The highest BCUT2D eigenvalue weighted by Gasteiger charge is 2.59. The van der Waals surface area contributed by atoms with Crippen molar-refractivity contribution in [2.45, 2.75) is 96.2 Å². The number of rotatable bonds is 8. The van der Waals surface area contributed by atoms with Crippen LogP contribution in [0.2, 0.25) is 0 Å². The second kappa shape index (κ2) is 12.1. The number of quaternary nitrogens is 1. The Balaban J connectivity index is 1.39. The number of ether oxygens (including phenoxy) is 4. The highest BCUT2D eigenvalue weighted by molar-refractivity contribution is 5.81. The van der Waals surface area contributed by atoms with E-state index in [1.165, 1.54) is 24.0 Å². The van der Waals surface area contributed by atoms with Crippen LogP contribution in [0.3, 0.4) is 0 Å². The van der Waals surface area contributed by atoms with Gasteiger partial charge in [0.1, 0.15) is 18.0 Å². The Labute approximate surface area is 243 Å². The van der Waals surface area contributed by atoms with Crippen LogP contribution in [-0.2, 0) is 35.6 Å². The number of carbonyl (C=O) groups is 3. The van der Waals surface area contributed by atoms with Gasteiger partial charge in [-0.25, -0.2) is 14.4 Å². The first-order valence-electron chi connectivity index (χ1n) is 14.8. The van der Waals surface area contributed by atoms with Crippen LogP contribution in [0.15, 0.2) is 18.2 Å². The van der Waals surface area contributed by atoms with Crippen molar-refractivity contribution in [1.82, 2.24) is 5.32 Å². The minimum absolute atomic E-state index is 0.0599. The number of hydrogen-bond acceptors (Lipinski definition) is 8. The average molecular weight is 576 g/mol. The van der Waals surface area contributed by atoms with Crippen molar-refractivity contribution < 1.29 is 42.9 Å².